The molecule has 1 aliphatic heterocycles. The van der Waals surface area contributed by atoms with Gasteiger partial charge in [0.05, 0.1) is 12.1 Å². The van der Waals surface area contributed by atoms with Gasteiger partial charge >= 0.3 is 0 Å². The third kappa shape index (κ3) is 3.33. The van der Waals surface area contributed by atoms with Crippen LogP contribution < -0.4 is 5.32 Å². The molecule has 102 valence electrons. The van der Waals surface area contributed by atoms with Gasteiger partial charge in [0.25, 0.3) is 0 Å². The van der Waals surface area contributed by atoms with E-state index in [4.69, 9.17) is 4.74 Å². The molecule has 0 amide bonds. The SMILES string of the molecule is CCCn1ccnc1C(CC1CCCO1)NCC. The zero-order chi connectivity index (χ0) is 12.8. The Morgan fingerprint density at radius 3 is 3.11 bits per heavy atom. The van der Waals surface area contributed by atoms with Crippen molar-refractivity contribution in [2.75, 3.05) is 13.2 Å². The Balaban J connectivity index is 2.04. The lowest BCUT2D eigenvalue weighted by Crippen LogP contribution is -2.28. The number of aryl methyl sites for hydroxylation is 1. The van der Waals surface area contributed by atoms with Crippen LogP contribution in [-0.2, 0) is 11.3 Å². The third-order valence-corrected chi connectivity index (χ3v) is 3.50. The van der Waals surface area contributed by atoms with Gasteiger partial charge in [-0.15, -0.1) is 0 Å². The van der Waals surface area contributed by atoms with Crippen molar-refractivity contribution in [3.05, 3.63) is 18.2 Å². The Labute approximate surface area is 110 Å². The van der Waals surface area contributed by atoms with Crippen molar-refractivity contribution in [2.24, 2.45) is 0 Å². The van der Waals surface area contributed by atoms with Crippen LogP contribution in [0.2, 0.25) is 0 Å². The summed E-state index contributed by atoms with van der Waals surface area (Å²) < 4.78 is 8.02. The highest BCUT2D eigenvalue weighted by Crippen LogP contribution is 2.24. The molecule has 0 spiro atoms. The van der Waals surface area contributed by atoms with Gasteiger partial charge < -0.3 is 14.6 Å². The molecule has 1 fully saturated rings. The number of rotatable bonds is 7. The molecular weight excluding hydrogens is 226 g/mol. The van der Waals surface area contributed by atoms with Crippen LogP contribution in [0.25, 0.3) is 0 Å². The maximum Gasteiger partial charge on any atom is 0.125 e. The molecule has 1 N–H and O–H groups in total. The Hall–Kier alpha value is -0.870. The first-order valence-electron chi connectivity index (χ1n) is 7.21. The summed E-state index contributed by atoms with van der Waals surface area (Å²) in [4.78, 5) is 4.54. The Kier molecular flexibility index (Phi) is 5.20. The molecule has 2 heterocycles. The van der Waals surface area contributed by atoms with Crippen LogP contribution in [0.5, 0.6) is 0 Å². The third-order valence-electron chi connectivity index (χ3n) is 3.50. The highest BCUT2D eigenvalue weighted by molar-refractivity contribution is 5.00. The zero-order valence-corrected chi connectivity index (χ0v) is 11.6. The fourth-order valence-corrected chi connectivity index (χ4v) is 2.68. The van der Waals surface area contributed by atoms with E-state index in [1.807, 2.05) is 6.20 Å². The fraction of sp³-hybridized carbons (Fsp3) is 0.786. The van der Waals surface area contributed by atoms with Gasteiger partial charge in [0.1, 0.15) is 5.82 Å². The van der Waals surface area contributed by atoms with E-state index < -0.39 is 0 Å². The highest BCUT2D eigenvalue weighted by Gasteiger charge is 2.23. The summed E-state index contributed by atoms with van der Waals surface area (Å²) in [5.41, 5.74) is 0. The van der Waals surface area contributed by atoms with E-state index in [0.29, 0.717) is 12.1 Å². The van der Waals surface area contributed by atoms with Crippen molar-refractivity contribution in [1.82, 2.24) is 14.9 Å². The first-order chi connectivity index (χ1) is 8.85. The van der Waals surface area contributed by atoms with Gasteiger partial charge in [-0.25, -0.2) is 4.98 Å². The second-order valence-corrected chi connectivity index (χ2v) is 4.96. The van der Waals surface area contributed by atoms with Crippen molar-refractivity contribution in [2.45, 2.75) is 58.2 Å². The summed E-state index contributed by atoms with van der Waals surface area (Å²) in [6.45, 7) is 7.29. The molecule has 1 aromatic heterocycles. The molecule has 0 aliphatic carbocycles. The van der Waals surface area contributed by atoms with E-state index >= 15 is 0 Å². The molecule has 2 unspecified atom stereocenters. The maximum absolute atomic E-state index is 5.75. The summed E-state index contributed by atoms with van der Waals surface area (Å²) in [6.07, 6.45) is 8.96. The van der Waals surface area contributed by atoms with Crippen LogP contribution in [0.15, 0.2) is 12.4 Å². The van der Waals surface area contributed by atoms with Gasteiger partial charge in [-0.2, -0.15) is 0 Å². The smallest absolute Gasteiger partial charge is 0.125 e. The highest BCUT2D eigenvalue weighted by atomic mass is 16.5. The predicted molar refractivity (Wildman–Crippen MR) is 72.5 cm³/mol. The van der Waals surface area contributed by atoms with Gasteiger partial charge in [-0.05, 0) is 32.2 Å². The van der Waals surface area contributed by atoms with Crippen molar-refractivity contribution in [1.29, 1.82) is 0 Å². The standard InChI is InChI=1S/C14H25N3O/c1-3-8-17-9-7-16-14(17)13(15-4-2)11-12-6-5-10-18-12/h7,9,12-13,15H,3-6,8,10-11H2,1-2H3. The number of ether oxygens (including phenoxy) is 1. The average molecular weight is 251 g/mol. The summed E-state index contributed by atoms with van der Waals surface area (Å²) in [6, 6.07) is 0.319. The summed E-state index contributed by atoms with van der Waals surface area (Å²) >= 11 is 0. The maximum atomic E-state index is 5.75. The Morgan fingerprint density at radius 1 is 1.56 bits per heavy atom. The van der Waals surface area contributed by atoms with Crippen LogP contribution in [0, 0.1) is 0 Å². The van der Waals surface area contributed by atoms with Gasteiger partial charge in [-0.3, -0.25) is 0 Å². The molecule has 0 aromatic carbocycles. The average Bonchev–Trinajstić information content (AvgIpc) is 3.00. The lowest BCUT2D eigenvalue weighted by molar-refractivity contribution is 0.0934. The van der Waals surface area contributed by atoms with Gasteiger partial charge in [0.2, 0.25) is 0 Å². The van der Waals surface area contributed by atoms with E-state index in [1.165, 1.54) is 12.8 Å². The van der Waals surface area contributed by atoms with Crippen LogP contribution in [-0.4, -0.2) is 28.8 Å². The molecule has 4 nitrogen and oxygen atoms in total. The van der Waals surface area contributed by atoms with Crippen LogP contribution >= 0.6 is 0 Å². The molecule has 2 atom stereocenters. The molecule has 0 radical (unpaired) electrons. The van der Waals surface area contributed by atoms with E-state index in [0.717, 1.165) is 38.4 Å². The minimum absolute atomic E-state index is 0.319. The summed E-state index contributed by atoms with van der Waals surface area (Å²) in [5.74, 6) is 1.16. The molecular formula is C14H25N3O. The van der Waals surface area contributed by atoms with Crippen LogP contribution in [0.4, 0.5) is 0 Å². The van der Waals surface area contributed by atoms with Crippen molar-refractivity contribution < 1.29 is 4.74 Å². The zero-order valence-electron chi connectivity index (χ0n) is 11.6. The fourth-order valence-electron chi connectivity index (χ4n) is 2.68. The Bertz CT molecular complexity index is 345. The van der Waals surface area contributed by atoms with Crippen LogP contribution in [0.1, 0.15) is 51.4 Å². The molecule has 18 heavy (non-hydrogen) atoms. The van der Waals surface area contributed by atoms with E-state index in [-0.39, 0.29) is 0 Å². The van der Waals surface area contributed by atoms with E-state index in [9.17, 15) is 0 Å². The largest absolute Gasteiger partial charge is 0.378 e. The quantitative estimate of drug-likeness (QED) is 0.809. The first kappa shape index (κ1) is 13.6. The first-order valence-corrected chi connectivity index (χ1v) is 7.21. The number of nitrogens with zero attached hydrogens (tertiary/aromatic N) is 2. The number of imidazole rings is 1. The van der Waals surface area contributed by atoms with Gasteiger partial charge in [-0.1, -0.05) is 13.8 Å². The molecule has 0 saturated carbocycles. The predicted octanol–water partition coefficient (Wildman–Crippen LogP) is 2.51. The topological polar surface area (TPSA) is 39.1 Å². The van der Waals surface area contributed by atoms with E-state index in [2.05, 4.69) is 34.9 Å². The number of nitrogens with one attached hydrogen (secondary N) is 1. The number of hydrogen-bond donors (Lipinski definition) is 1. The summed E-state index contributed by atoms with van der Waals surface area (Å²) in [5, 5.41) is 3.55. The minimum Gasteiger partial charge on any atom is -0.378 e. The summed E-state index contributed by atoms with van der Waals surface area (Å²) in [7, 11) is 0. The number of hydrogen-bond acceptors (Lipinski definition) is 3. The lowest BCUT2D eigenvalue weighted by Gasteiger charge is -2.21. The molecule has 2 rings (SSSR count). The second-order valence-electron chi connectivity index (χ2n) is 4.96. The molecule has 1 aliphatic rings. The van der Waals surface area contributed by atoms with Gasteiger partial charge in [0.15, 0.2) is 0 Å². The minimum atomic E-state index is 0.319. The van der Waals surface area contributed by atoms with Crippen LogP contribution in [0.3, 0.4) is 0 Å². The molecule has 0 bridgehead atoms. The molecule has 4 heteroatoms. The van der Waals surface area contributed by atoms with Crippen molar-refractivity contribution >= 4 is 0 Å². The number of aromatic nitrogens is 2. The monoisotopic (exact) mass is 251 g/mol. The lowest BCUT2D eigenvalue weighted by atomic mass is 10.1. The van der Waals surface area contributed by atoms with Crippen molar-refractivity contribution in [3.63, 3.8) is 0 Å². The van der Waals surface area contributed by atoms with E-state index in [1.54, 1.807) is 0 Å². The second kappa shape index (κ2) is 6.90. The molecule has 1 saturated heterocycles. The normalized spacial score (nSPS) is 21.3. The van der Waals surface area contributed by atoms with Crippen molar-refractivity contribution in [3.8, 4) is 0 Å². The van der Waals surface area contributed by atoms with Gasteiger partial charge in [0, 0.05) is 25.5 Å². The molecule has 1 aromatic rings. The Morgan fingerprint density at radius 2 is 2.44 bits per heavy atom.